The summed E-state index contributed by atoms with van der Waals surface area (Å²) in [6.45, 7) is 1.63. The molecule has 1 spiro atoms. The number of carboxylic acid groups (broad SMARTS) is 1. The summed E-state index contributed by atoms with van der Waals surface area (Å²) in [5.41, 5.74) is 1.33. The first-order valence-electron chi connectivity index (χ1n) is 7.48. The molecule has 1 aliphatic carbocycles. The Kier molecular flexibility index (Phi) is 3.35. The highest BCUT2D eigenvalue weighted by Gasteiger charge is 2.43. The number of aromatic carboxylic acids is 1. The zero-order chi connectivity index (χ0) is 15.3. The van der Waals surface area contributed by atoms with Gasteiger partial charge in [0.25, 0.3) is 0 Å². The summed E-state index contributed by atoms with van der Waals surface area (Å²) in [5, 5.41) is 9.24. The molecule has 0 unspecified atom stereocenters. The average Bonchev–Trinajstić information content (AvgIpc) is 2.44. The maximum atomic E-state index is 12.5. The summed E-state index contributed by atoms with van der Waals surface area (Å²) in [5.74, 6) is -0.919. The van der Waals surface area contributed by atoms with Crippen LogP contribution < -0.4 is 0 Å². The van der Waals surface area contributed by atoms with Crippen LogP contribution in [0.2, 0.25) is 0 Å². The standard InChI is InChI=1S/C16H20O4S/c1-11-12(15(17)18)5-6-13-14(11)21(19,20)10-9-16(13)7-3-2-4-8-16/h5-6H,2-4,7-10H2,1H3,(H,17,18). The number of hydrogen-bond donors (Lipinski definition) is 1. The number of sulfone groups is 1. The van der Waals surface area contributed by atoms with Gasteiger partial charge in [-0.3, -0.25) is 0 Å². The minimum absolute atomic E-state index is 0.0549. The van der Waals surface area contributed by atoms with Crippen molar-refractivity contribution < 1.29 is 18.3 Å². The average molecular weight is 308 g/mol. The fourth-order valence-corrected chi connectivity index (χ4v) is 6.12. The Hall–Kier alpha value is -1.36. The Bertz CT molecular complexity index is 697. The van der Waals surface area contributed by atoms with Crippen LogP contribution in [0.15, 0.2) is 17.0 Å². The molecule has 1 aromatic rings. The largest absolute Gasteiger partial charge is 0.478 e. The lowest BCUT2D eigenvalue weighted by Gasteiger charge is -2.42. The van der Waals surface area contributed by atoms with E-state index in [1.54, 1.807) is 19.1 Å². The van der Waals surface area contributed by atoms with E-state index in [2.05, 4.69) is 0 Å². The van der Waals surface area contributed by atoms with Gasteiger partial charge in [-0.15, -0.1) is 0 Å². The molecule has 1 fully saturated rings. The zero-order valence-electron chi connectivity index (χ0n) is 12.2. The highest BCUT2D eigenvalue weighted by molar-refractivity contribution is 7.91. The van der Waals surface area contributed by atoms with Gasteiger partial charge in [-0.1, -0.05) is 25.3 Å². The van der Waals surface area contributed by atoms with Gasteiger partial charge in [0.05, 0.1) is 16.2 Å². The van der Waals surface area contributed by atoms with E-state index in [9.17, 15) is 18.3 Å². The minimum atomic E-state index is -3.37. The third-order valence-corrected chi connectivity index (χ3v) is 7.07. The second kappa shape index (κ2) is 4.83. The van der Waals surface area contributed by atoms with Crippen molar-refractivity contribution in [3.8, 4) is 0 Å². The molecule has 2 aliphatic rings. The highest BCUT2D eigenvalue weighted by atomic mass is 32.2. The zero-order valence-corrected chi connectivity index (χ0v) is 13.0. The topological polar surface area (TPSA) is 71.4 Å². The first-order valence-corrected chi connectivity index (χ1v) is 9.13. The lowest BCUT2D eigenvalue weighted by atomic mass is 9.67. The number of benzene rings is 1. The molecule has 21 heavy (non-hydrogen) atoms. The molecule has 0 bridgehead atoms. The van der Waals surface area contributed by atoms with E-state index < -0.39 is 15.8 Å². The second-order valence-electron chi connectivity index (χ2n) is 6.33. The molecule has 5 heteroatoms. The Balaban J connectivity index is 2.27. The van der Waals surface area contributed by atoms with E-state index in [0.717, 1.165) is 31.2 Å². The van der Waals surface area contributed by atoms with Crippen LogP contribution in [0.4, 0.5) is 0 Å². The summed E-state index contributed by atoms with van der Waals surface area (Å²) < 4.78 is 25.0. The molecular formula is C16H20O4S. The second-order valence-corrected chi connectivity index (χ2v) is 8.38. The third kappa shape index (κ3) is 2.18. The van der Waals surface area contributed by atoms with Crippen molar-refractivity contribution in [1.82, 2.24) is 0 Å². The van der Waals surface area contributed by atoms with Crippen molar-refractivity contribution in [3.63, 3.8) is 0 Å². The lowest BCUT2D eigenvalue weighted by Crippen LogP contribution is -2.38. The monoisotopic (exact) mass is 308 g/mol. The van der Waals surface area contributed by atoms with Crippen LogP contribution in [0.5, 0.6) is 0 Å². The Morgan fingerprint density at radius 3 is 2.43 bits per heavy atom. The van der Waals surface area contributed by atoms with Gasteiger partial charge in [-0.25, -0.2) is 13.2 Å². The molecule has 3 rings (SSSR count). The predicted octanol–water partition coefficient (Wildman–Crippen LogP) is 3.07. The van der Waals surface area contributed by atoms with Crippen LogP contribution in [0.3, 0.4) is 0 Å². The van der Waals surface area contributed by atoms with E-state index in [1.807, 2.05) is 0 Å². The summed E-state index contributed by atoms with van der Waals surface area (Å²) >= 11 is 0. The summed E-state index contributed by atoms with van der Waals surface area (Å²) in [6, 6.07) is 3.33. The number of carboxylic acids is 1. The van der Waals surface area contributed by atoms with Crippen molar-refractivity contribution in [3.05, 3.63) is 28.8 Å². The minimum Gasteiger partial charge on any atom is -0.478 e. The molecule has 1 N–H and O–H groups in total. The fraction of sp³-hybridized carbons (Fsp3) is 0.562. The number of rotatable bonds is 1. The van der Waals surface area contributed by atoms with E-state index in [0.29, 0.717) is 16.9 Å². The summed E-state index contributed by atoms with van der Waals surface area (Å²) in [4.78, 5) is 11.6. The third-order valence-electron chi connectivity index (χ3n) is 5.18. The Morgan fingerprint density at radius 1 is 1.14 bits per heavy atom. The van der Waals surface area contributed by atoms with Gasteiger partial charge in [0.2, 0.25) is 0 Å². The van der Waals surface area contributed by atoms with E-state index in [4.69, 9.17) is 0 Å². The maximum Gasteiger partial charge on any atom is 0.335 e. The molecule has 1 saturated carbocycles. The maximum absolute atomic E-state index is 12.5. The highest BCUT2D eigenvalue weighted by Crippen LogP contribution is 2.49. The van der Waals surface area contributed by atoms with Crippen LogP contribution in [0, 0.1) is 6.92 Å². The molecular weight excluding hydrogens is 288 g/mol. The Labute approximate surface area is 125 Å². The molecule has 1 aliphatic heterocycles. The summed E-state index contributed by atoms with van der Waals surface area (Å²) in [7, 11) is -3.37. The van der Waals surface area contributed by atoms with Crippen molar-refractivity contribution in [2.24, 2.45) is 0 Å². The predicted molar refractivity (Wildman–Crippen MR) is 79.6 cm³/mol. The van der Waals surface area contributed by atoms with Gasteiger partial charge in [-0.2, -0.15) is 0 Å². The van der Waals surface area contributed by atoms with Crippen LogP contribution in [0.25, 0.3) is 0 Å². The van der Waals surface area contributed by atoms with Crippen molar-refractivity contribution in [1.29, 1.82) is 0 Å². The van der Waals surface area contributed by atoms with Gasteiger partial charge in [0, 0.05) is 0 Å². The van der Waals surface area contributed by atoms with Crippen molar-refractivity contribution >= 4 is 15.8 Å². The van der Waals surface area contributed by atoms with Gasteiger partial charge in [0.15, 0.2) is 9.84 Å². The van der Waals surface area contributed by atoms with E-state index in [-0.39, 0.29) is 16.7 Å². The number of fused-ring (bicyclic) bond motifs is 2. The first-order chi connectivity index (χ1) is 9.87. The van der Waals surface area contributed by atoms with Gasteiger partial charge in [0.1, 0.15) is 0 Å². The first kappa shape index (κ1) is 14.6. The van der Waals surface area contributed by atoms with Crippen molar-refractivity contribution in [2.45, 2.75) is 55.8 Å². The van der Waals surface area contributed by atoms with Gasteiger partial charge in [-0.05, 0) is 48.8 Å². The summed E-state index contributed by atoms with van der Waals surface area (Å²) in [6.07, 6.45) is 6.16. The fourth-order valence-electron chi connectivity index (χ4n) is 4.06. The molecule has 4 nitrogen and oxygen atoms in total. The smallest absolute Gasteiger partial charge is 0.335 e. The lowest BCUT2D eigenvalue weighted by molar-refractivity contribution is 0.0695. The van der Waals surface area contributed by atoms with E-state index in [1.165, 1.54) is 6.42 Å². The van der Waals surface area contributed by atoms with Gasteiger partial charge >= 0.3 is 5.97 Å². The molecule has 0 saturated heterocycles. The van der Waals surface area contributed by atoms with E-state index >= 15 is 0 Å². The normalized spacial score (nSPS) is 22.7. The van der Waals surface area contributed by atoms with Crippen LogP contribution in [0.1, 0.15) is 60.0 Å². The number of carbonyl (C=O) groups is 1. The molecule has 0 atom stereocenters. The SMILES string of the molecule is Cc1c(C(=O)O)ccc2c1S(=O)(=O)CCC21CCCCC1. The van der Waals surface area contributed by atoms with Crippen LogP contribution >= 0.6 is 0 Å². The molecule has 1 heterocycles. The molecule has 1 aromatic carbocycles. The Morgan fingerprint density at radius 2 is 1.81 bits per heavy atom. The van der Waals surface area contributed by atoms with Gasteiger partial charge < -0.3 is 5.11 Å². The van der Waals surface area contributed by atoms with Crippen LogP contribution in [-0.4, -0.2) is 25.2 Å². The number of hydrogen-bond acceptors (Lipinski definition) is 3. The molecule has 0 radical (unpaired) electrons. The van der Waals surface area contributed by atoms with Crippen LogP contribution in [-0.2, 0) is 15.3 Å². The van der Waals surface area contributed by atoms with Crippen molar-refractivity contribution in [2.75, 3.05) is 5.75 Å². The molecule has 0 aromatic heterocycles. The quantitative estimate of drug-likeness (QED) is 0.865. The molecule has 114 valence electrons. The molecule has 0 amide bonds.